The van der Waals surface area contributed by atoms with E-state index in [0.717, 1.165) is 26.9 Å². The first kappa shape index (κ1) is 22.6. The Morgan fingerprint density at radius 1 is 1.19 bits per heavy atom. The molecule has 0 saturated carbocycles. The maximum atomic E-state index is 13.2. The number of aromatic nitrogens is 1. The van der Waals surface area contributed by atoms with Gasteiger partial charge in [0.2, 0.25) is 10.0 Å². The standard InChI is InChI=1S/C24H27N3O3S2/c1-5-12-26-21-15-17(3)14-18(4)22(21)31-24(26)25-23(28)20-7-6-13-27(20)32(29,30)19-10-8-16(2)9-11-19/h5,8-11,14-15,20H,1,6-7,12-13H2,2-4H3. The van der Waals surface area contributed by atoms with Gasteiger partial charge >= 0.3 is 0 Å². The summed E-state index contributed by atoms with van der Waals surface area (Å²) in [6, 6.07) is 10.1. The number of sulfonamides is 1. The number of allylic oxidation sites excluding steroid dienone is 1. The first-order chi connectivity index (χ1) is 15.2. The van der Waals surface area contributed by atoms with Crippen LogP contribution in [0.2, 0.25) is 0 Å². The molecule has 1 aromatic heterocycles. The predicted molar refractivity (Wildman–Crippen MR) is 128 cm³/mol. The third kappa shape index (κ3) is 4.10. The van der Waals surface area contributed by atoms with Crippen LogP contribution in [0.4, 0.5) is 0 Å². The van der Waals surface area contributed by atoms with Crippen molar-refractivity contribution in [1.29, 1.82) is 0 Å². The van der Waals surface area contributed by atoms with Gasteiger partial charge < -0.3 is 4.57 Å². The molecule has 0 aliphatic carbocycles. The Morgan fingerprint density at radius 3 is 2.59 bits per heavy atom. The quantitative estimate of drug-likeness (QED) is 0.528. The van der Waals surface area contributed by atoms with Crippen molar-refractivity contribution in [2.75, 3.05) is 6.54 Å². The fourth-order valence-electron chi connectivity index (χ4n) is 4.19. The Hall–Kier alpha value is -2.55. The Bertz CT molecular complexity index is 1370. The summed E-state index contributed by atoms with van der Waals surface area (Å²) in [4.78, 5) is 18.4. The van der Waals surface area contributed by atoms with Crippen molar-refractivity contribution in [2.45, 2.75) is 51.1 Å². The number of benzene rings is 2. The van der Waals surface area contributed by atoms with Gasteiger partial charge in [0.25, 0.3) is 5.91 Å². The molecule has 2 heterocycles. The lowest BCUT2D eigenvalue weighted by molar-refractivity contribution is -0.121. The number of nitrogens with zero attached hydrogens (tertiary/aromatic N) is 3. The SMILES string of the molecule is C=CCn1c(=NC(=O)C2CCCN2S(=O)(=O)c2ccc(C)cc2)sc2c(C)cc(C)cc21. The van der Waals surface area contributed by atoms with Crippen molar-refractivity contribution in [1.82, 2.24) is 8.87 Å². The highest BCUT2D eigenvalue weighted by Crippen LogP contribution is 2.28. The molecule has 0 radical (unpaired) electrons. The summed E-state index contributed by atoms with van der Waals surface area (Å²) in [5.74, 6) is -0.420. The minimum atomic E-state index is -3.77. The molecular weight excluding hydrogens is 442 g/mol. The predicted octanol–water partition coefficient (Wildman–Crippen LogP) is 4.09. The second-order valence-electron chi connectivity index (χ2n) is 8.25. The number of aryl methyl sites for hydroxylation is 3. The Kier molecular flexibility index (Phi) is 6.20. The van der Waals surface area contributed by atoms with Crippen LogP contribution in [-0.4, -0.2) is 35.8 Å². The highest BCUT2D eigenvalue weighted by molar-refractivity contribution is 7.89. The highest BCUT2D eigenvalue weighted by Gasteiger charge is 2.39. The summed E-state index contributed by atoms with van der Waals surface area (Å²) < 4.78 is 30.8. The zero-order valence-corrected chi connectivity index (χ0v) is 20.2. The summed E-state index contributed by atoms with van der Waals surface area (Å²) in [5.41, 5.74) is 4.25. The van der Waals surface area contributed by atoms with Gasteiger partial charge in [0.1, 0.15) is 6.04 Å². The first-order valence-electron chi connectivity index (χ1n) is 10.6. The van der Waals surface area contributed by atoms with Gasteiger partial charge in [-0.15, -0.1) is 6.58 Å². The van der Waals surface area contributed by atoms with Gasteiger partial charge in [-0.05, 0) is 62.9 Å². The van der Waals surface area contributed by atoms with Crippen LogP contribution in [-0.2, 0) is 21.4 Å². The average molecular weight is 470 g/mol. The van der Waals surface area contributed by atoms with Gasteiger partial charge in [-0.1, -0.05) is 41.2 Å². The topological polar surface area (TPSA) is 71.7 Å². The number of carbonyl (C=O) groups excluding carboxylic acids is 1. The van der Waals surface area contributed by atoms with Crippen molar-refractivity contribution < 1.29 is 13.2 Å². The van der Waals surface area contributed by atoms with Gasteiger partial charge in [-0.3, -0.25) is 4.79 Å². The van der Waals surface area contributed by atoms with Gasteiger partial charge in [0.15, 0.2) is 4.80 Å². The molecule has 0 N–H and O–H groups in total. The van der Waals surface area contributed by atoms with Crippen LogP contribution in [0.3, 0.4) is 0 Å². The van der Waals surface area contributed by atoms with Crippen molar-refractivity contribution >= 4 is 37.5 Å². The fourth-order valence-corrected chi connectivity index (χ4v) is 6.94. The third-order valence-electron chi connectivity index (χ3n) is 5.75. The Morgan fingerprint density at radius 2 is 1.91 bits per heavy atom. The maximum Gasteiger partial charge on any atom is 0.266 e. The molecule has 1 saturated heterocycles. The van der Waals surface area contributed by atoms with E-state index >= 15 is 0 Å². The molecule has 0 spiro atoms. The summed E-state index contributed by atoms with van der Waals surface area (Å²) in [6.07, 6.45) is 2.88. The molecule has 4 rings (SSSR count). The summed E-state index contributed by atoms with van der Waals surface area (Å²) in [5, 5.41) is 0. The van der Waals surface area contributed by atoms with E-state index in [-0.39, 0.29) is 4.90 Å². The van der Waals surface area contributed by atoms with Crippen LogP contribution < -0.4 is 4.80 Å². The zero-order valence-electron chi connectivity index (χ0n) is 18.5. The van der Waals surface area contributed by atoms with Crippen molar-refractivity contribution in [3.63, 3.8) is 0 Å². The monoisotopic (exact) mass is 469 g/mol. The Balaban J connectivity index is 1.75. The number of fused-ring (bicyclic) bond motifs is 1. The second-order valence-corrected chi connectivity index (χ2v) is 11.1. The molecule has 6 nitrogen and oxygen atoms in total. The van der Waals surface area contributed by atoms with Crippen LogP contribution in [0.15, 0.2) is 58.9 Å². The highest BCUT2D eigenvalue weighted by atomic mass is 32.2. The normalized spacial score (nSPS) is 17.8. The molecule has 1 unspecified atom stereocenters. The smallest absolute Gasteiger partial charge is 0.266 e. The van der Waals surface area contributed by atoms with E-state index in [4.69, 9.17) is 0 Å². The zero-order chi connectivity index (χ0) is 23.0. The largest absolute Gasteiger partial charge is 0.312 e. The molecule has 1 fully saturated rings. The van der Waals surface area contributed by atoms with E-state index in [1.54, 1.807) is 30.3 Å². The Labute approximate surface area is 192 Å². The number of thiazole rings is 1. The van der Waals surface area contributed by atoms with Gasteiger partial charge in [-0.2, -0.15) is 9.30 Å². The van der Waals surface area contributed by atoms with Crippen molar-refractivity contribution in [3.05, 3.63) is 70.5 Å². The number of rotatable bonds is 5. The molecule has 1 atom stereocenters. The number of amides is 1. The molecule has 3 aromatic rings. The lowest BCUT2D eigenvalue weighted by atomic mass is 10.1. The number of hydrogen-bond acceptors (Lipinski definition) is 4. The number of hydrogen-bond donors (Lipinski definition) is 0. The van der Waals surface area contributed by atoms with E-state index in [1.165, 1.54) is 15.6 Å². The van der Waals surface area contributed by atoms with E-state index in [0.29, 0.717) is 30.7 Å². The first-order valence-corrected chi connectivity index (χ1v) is 12.9. The third-order valence-corrected chi connectivity index (χ3v) is 8.90. The van der Waals surface area contributed by atoms with E-state index in [2.05, 4.69) is 23.7 Å². The molecule has 8 heteroatoms. The van der Waals surface area contributed by atoms with Crippen LogP contribution in [0.5, 0.6) is 0 Å². The average Bonchev–Trinajstić information content (AvgIpc) is 3.36. The minimum Gasteiger partial charge on any atom is -0.312 e. The second kappa shape index (κ2) is 8.77. The number of carbonyl (C=O) groups is 1. The maximum absolute atomic E-state index is 13.2. The van der Waals surface area contributed by atoms with Gasteiger partial charge in [0, 0.05) is 13.1 Å². The van der Waals surface area contributed by atoms with E-state index in [1.807, 2.05) is 25.3 Å². The van der Waals surface area contributed by atoms with Gasteiger partial charge in [-0.25, -0.2) is 8.42 Å². The lowest BCUT2D eigenvalue weighted by Gasteiger charge is -2.21. The van der Waals surface area contributed by atoms with Gasteiger partial charge in [0.05, 0.1) is 15.1 Å². The molecule has 1 aliphatic rings. The molecular formula is C24H27N3O3S2. The van der Waals surface area contributed by atoms with E-state index in [9.17, 15) is 13.2 Å². The molecule has 168 valence electrons. The fraction of sp³-hybridized carbons (Fsp3) is 0.333. The van der Waals surface area contributed by atoms with Crippen LogP contribution >= 0.6 is 11.3 Å². The summed E-state index contributed by atoms with van der Waals surface area (Å²) in [7, 11) is -3.77. The molecule has 2 aromatic carbocycles. The van der Waals surface area contributed by atoms with E-state index < -0.39 is 22.0 Å². The molecule has 1 amide bonds. The molecule has 32 heavy (non-hydrogen) atoms. The lowest BCUT2D eigenvalue weighted by Crippen LogP contribution is -2.40. The van der Waals surface area contributed by atoms with Crippen LogP contribution in [0, 0.1) is 20.8 Å². The van der Waals surface area contributed by atoms with Crippen LogP contribution in [0.25, 0.3) is 10.2 Å². The summed E-state index contributed by atoms with van der Waals surface area (Å²) >= 11 is 1.45. The molecule has 0 bridgehead atoms. The van der Waals surface area contributed by atoms with Crippen LogP contribution in [0.1, 0.15) is 29.5 Å². The summed E-state index contributed by atoms with van der Waals surface area (Å²) in [6.45, 7) is 10.7. The van der Waals surface area contributed by atoms with Crippen molar-refractivity contribution in [2.24, 2.45) is 4.99 Å². The molecule has 1 aliphatic heterocycles. The van der Waals surface area contributed by atoms with Crippen molar-refractivity contribution in [3.8, 4) is 0 Å². The minimum absolute atomic E-state index is 0.206.